The van der Waals surface area contributed by atoms with Crippen LogP contribution in [0.15, 0.2) is 24.4 Å². The first-order valence-electron chi connectivity index (χ1n) is 5.05. The van der Waals surface area contributed by atoms with Crippen molar-refractivity contribution < 1.29 is 9.59 Å². The van der Waals surface area contributed by atoms with Crippen LogP contribution >= 0.6 is 0 Å². The molecule has 0 radical (unpaired) electrons. The standard InChI is InChI=1S/C11H15N3O2/c1-8(11(12)16)6-10(15)14-7-9-4-2-3-5-13-9/h2-5,8H,6-7H2,1H3,(H2,12,16)(H,14,15). The van der Waals surface area contributed by atoms with E-state index < -0.39 is 11.8 Å². The summed E-state index contributed by atoms with van der Waals surface area (Å²) in [5.74, 6) is -1.10. The molecule has 0 saturated heterocycles. The summed E-state index contributed by atoms with van der Waals surface area (Å²) in [7, 11) is 0. The van der Waals surface area contributed by atoms with E-state index in [1.54, 1.807) is 19.2 Å². The molecule has 0 bridgehead atoms. The first-order chi connectivity index (χ1) is 7.59. The fourth-order valence-electron chi connectivity index (χ4n) is 1.14. The molecule has 5 nitrogen and oxygen atoms in total. The molecule has 0 aliphatic rings. The highest BCUT2D eigenvalue weighted by Gasteiger charge is 2.13. The van der Waals surface area contributed by atoms with Crippen LogP contribution in [0.4, 0.5) is 0 Å². The SMILES string of the molecule is CC(CC(=O)NCc1ccccn1)C(N)=O. The molecule has 0 saturated carbocycles. The van der Waals surface area contributed by atoms with E-state index in [9.17, 15) is 9.59 Å². The van der Waals surface area contributed by atoms with Gasteiger partial charge in [0.2, 0.25) is 11.8 Å². The van der Waals surface area contributed by atoms with Gasteiger partial charge in [0, 0.05) is 18.5 Å². The molecule has 0 aromatic carbocycles. The number of nitrogens with two attached hydrogens (primary N) is 1. The van der Waals surface area contributed by atoms with E-state index in [1.807, 2.05) is 12.1 Å². The van der Waals surface area contributed by atoms with Crippen LogP contribution < -0.4 is 11.1 Å². The van der Waals surface area contributed by atoms with Crippen molar-refractivity contribution in [2.24, 2.45) is 11.7 Å². The molecular formula is C11H15N3O2. The van der Waals surface area contributed by atoms with Crippen LogP contribution in [-0.4, -0.2) is 16.8 Å². The summed E-state index contributed by atoms with van der Waals surface area (Å²) in [5, 5.41) is 2.68. The predicted molar refractivity (Wildman–Crippen MR) is 59.1 cm³/mol. The molecule has 5 heteroatoms. The van der Waals surface area contributed by atoms with Crippen LogP contribution in [0.1, 0.15) is 19.0 Å². The van der Waals surface area contributed by atoms with Crippen molar-refractivity contribution in [3.8, 4) is 0 Å². The summed E-state index contributed by atoms with van der Waals surface area (Å²) in [4.78, 5) is 26.2. The average Bonchev–Trinajstić information content (AvgIpc) is 2.27. The van der Waals surface area contributed by atoms with Crippen LogP contribution in [0.2, 0.25) is 0 Å². The summed E-state index contributed by atoms with van der Waals surface area (Å²) in [5.41, 5.74) is 5.84. The molecule has 3 N–H and O–H groups in total. The fourth-order valence-corrected chi connectivity index (χ4v) is 1.14. The molecule has 1 aromatic heterocycles. The maximum atomic E-state index is 11.4. The van der Waals surface area contributed by atoms with Gasteiger partial charge in [0.05, 0.1) is 12.2 Å². The van der Waals surface area contributed by atoms with E-state index in [0.717, 1.165) is 5.69 Å². The third-order valence-corrected chi connectivity index (χ3v) is 2.17. The Morgan fingerprint density at radius 1 is 1.50 bits per heavy atom. The number of carbonyl (C=O) groups excluding carboxylic acids is 2. The second-order valence-corrected chi connectivity index (χ2v) is 3.61. The van der Waals surface area contributed by atoms with Gasteiger partial charge >= 0.3 is 0 Å². The van der Waals surface area contributed by atoms with Crippen LogP contribution in [0.3, 0.4) is 0 Å². The summed E-state index contributed by atoms with van der Waals surface area (Å²) in [6.07, 6.45) is 1.77. The third kappa shape index (κ3) is 4.08. The second-order valence-electron chi connectivity index (χ2n) is 3.61. The Kier molecular flexibility index (Phi) is 4.44. The van der Waals surface area contributed by atoms with E-state index >= 15 is 0 Å². The van der Waals surface area contributed by atoms with Gasteiger partial charge in [-0.15, -0.1) is 0 Å². The van der Waals surface area contributed by atoms with Crippen molar-refractivity contribution >= 4 is 11.8 Å². The molecule has 16 heavy (non-hydrogen) atoms. The van der Waals surface area contributed by atoms with E-state index in [4.69, 9.17) is 5.73 Å². The van der Waals surface area contributed by atoms with E-state index in [-0.39, 0.29) is 12.3 Å². The lowest BCUT2D eigenvalue weighted by Gasteiger charge is -2.07. The van der Waals surface area contributed by atoms with Crippen molar-refractivity contribution in [2.45, 2.75) is 19.9 Å². The molecule has 0 fully saturated rings. The number of primary amides is 1. The predicted octanol–water partition coefficient (Wildman–Crippen LogP) is 0.209. The molecule has 2 amide bonds. The van der Waals surface area contributed by atoms with Crippen molar-refractivity contribution in [2.75, 3.05) is 0 Å². The van der Waals surface area contributed by atoms with E-state index in [0.29, 0.717) is 6.54 Å². The number of rotatable bonds is 5. The van der Waals surface area contributed by atoms with Gasteiger partial charge in [0.15, 0.2) is 0 Å². The van der Waals surface area contributed by atoms with Crippen molar-refractivity contribution in [1.29, 1.82) is 0 Å². The largest absolute Gasteiger partial charge is 0.369 e. The molecule has 1 heterocycles. The minimum absolute atomic E-state index is 0.113. The van der Waals surface area contributed by atoms with Gasteiger partial charge in [-0.3, -0.25) is 14.6 Å². The zero-order valence-electron chi connectivity index (χ0n) is 9.14. The number of hydrogen-bond donors (Lipinski definition) is 2. The molecule has 0 spiro atoms. The zero-order valence-corrected chi connectivity index (χ0v) is 9.14. The minimum Gasteiger partial charge on any atom is -0.369 e. The van der Waals surface area contributed by atoms with Gasteiger partial charge in [-0.25, -0.2) is 0 Å². The molecule has 86 valence electrons. The van der Waals surface area contributed by atoms with Gasteiger partial charge < -0.3 is 11.1 Å². The van der Waals surface area contributed by atoms with Crippen LogP contribution in [0.5, 0.6) is 0 Å². The highest BCUT2D eigenvalue weighted by molar-refractivity contribution is 5.84. The maximum Gasteiger partial charge on any atom is 0.221 e. The van der Waals surface area contributed by atoms with Crippen LogP contribution in [0, 0.1) is 5.92 Å². The molecular weight excluding hydrogens is 206 g/mol. The van der Waals surface area contributed by atoms with Crippen molar-refractivity contribution in [1.82, 2.24) is 10.3 Å². The Balaban J connectivity index is 2.33. The maximum absolute atomic E-state index is 11.4. The monoisotopic (exact) mass is 221 g/mol. The minimum atomic E-state index is -0.465. The Morgan fingerprint density at radius 2 is 2.25 bits per heavy atom. The number of aromatic nitrogens is 1. The fraction of sp³-hybridized carbons (Fsp3) is 0.364. The first kappa shape index (κ1) is 12.2. The molecule has 0 aliphatic carbocycles. The number of hydrogen-bond acceptors (Lipinski definition) is 3. The first-order valence-corrected chi connectivity index (χ1v) is 5.05. The lowest BCUT2D eigenvalue weighted by molar-refractivity contribution is -0.128. The quantitative estimate of drug-likeness (QED) is 0.745. The summed E-state index contributed by atoms with van der Waals surface area (Å²) < 4.78 is 0. The van der Waals surface area contributed by atoms with Crippen LogP contribution in [0.25, 0.3) is 0 Å². The summed E-state index contributed by atoms with van der Waals surface area (Å²) in [6.45, 7) is 1.99. The molecule has 1 rings (SSSR count). The van der Waals surface area contributed by atoms with E-state index in [1.165, 1.54) is 0 Å². The smallest absolute Gasteiger partial charge is 0.221 e. The highest BCUT2D eigenvalue weighted by Crippen LogP contribution is 2.00. The van der Waals surface area contributed by atoms with E-state index in [2.05, 4.69) is 10.3 Å². The van der Waals surface area contributed by atoms with Gasteiger partial charge in [0.1, 0.15) is 0 Å². The molecule has 0 aliphatic heterocycles. The summed E-state index contributed by atoms with van der Waals surface area (Å²) in [6, 6.07) is 5.47. The number of pyridine rings is 1. The van der Waals surface area contributed by atoms with Crippen LogP contribution in [-0.2, 0) is 16.1 Å². The Labute approximate surface area is 94.1 Å². The lowest BCUT2D eigenvalue weighted by atomic mass is 10.1. The third-order valence-electron chi connectivity index (χ3n) is 2.17. The number of carbonyl (C=O) groups is 2. The van der Waals surface area contributed by atoms with Gasteiger partial charge in [0.25, 0.3) is 0 Å². The van der Waals surface area contributed by atoms with Gasteiger partial charge in [-0.2, -0.15) is 0 Å². The molecule has 1 atom stereocenters. The topological polar surface area (TPSA) is 85.1 Å². The number of nitrogens with one attached hydrogen (secondary N) is 1. The van der Waals surface area contributed by atoms with Gasteiger partial charge in [-0.05, 0) is 12.1 Å². The highest BCUT2D eigenvalue weighted by atomic mass is 16.2. The molecule has 1 unspecified atom stereocenters. The number of nitrogens with zero attached hydrogens (tertiary/aromatic N) is 1. The molecule has 1 aromatic rings. The summed E-state index contributed by atoms with van der Waals surface area (Å²) >= 11 is 0. The number of amides is 2. The Bertz CT molecular complexity index is 365. The zero-order chi connectivity index (χ0) is 12.0. The average molecular weight is 221 g/mol. The Morgan fingerprint density at radius 3 is 2.81 bits per heavy atom. The van der Waals surface area contributed by atoms with Gasteiger partial charge in [-0.1, -0.05) is 13.0 Å². The normalized spacial score (nSPS) is 11.8. The van der Waals surface area contributed by atoms with Crippen molar-refractivity contribution in [3.05, 3.63) is 30.1 Å². The van der Waals surface area contributed by atoms with Crippen molar-refractivity contribution in [3.63, 3.8) is 0 Å². The second kappa shape index (κ2) is 5.85. The lowest BCUT2D eigenvalue weighted by Crippen LogP contribution is -2.29. The Hall–Kier alpha value is -1.91.